The van der Waals surface area contributed by atoms with Crippen molar-refractivity contribution < 1.29 is 19.1 Å². The van der Waals surface area contributed by atoms with Crippen molar-refractivity contribution in [3.63, 3.8) is 0 Å². The summed E-state index contributed by atoms with van der Waals surface area (Å²) in [5, 5.41) is 31.2. The summed E-state index contributed by atoms with van der Waals surface area (Å²) < 4.78 is 5.35. The number of hydrogen-bond donors (Lipinski definition) is 3. The Kier molecular flexibility index (Phi) is 7.00. The van der Waals surface area contributed by atoms with Crippen molar-refractivity contribution in [2.24, 2.45) is 0 Å². The predicted molar refractivity (Wildman–Crippen MR) is 118 cm³/mol. The molecule has 0 unspecified atom stereocenters. The van der Waals surface area contributed by atoms with E-state index in [-0.39, 0.29) is 56.0 Å². The van der Waals surface area contributed by atoms with Crippen LogP contribution < -0.4 is 11.1 Å². The van der Waals surface area contributed by atoms with Crippen LogP contribution >= 0.6 is 23.4 Å². The molecule has 9 nitrogen and oxygen atoms in total. The maximum Gasteiger partial charge on any atom is 0.335 e. The Balaban J connectivity index is 1.76. The summed E-state index contributed by atoms with van der Waals surface area (Å²) in [6.45, 7) is 0. The number of nitrogens with two attached hydrogens (primary N) is 1. The molecule has 11 heteroatoms. The third-order valence-corrected chi connectivity index (χ3v) is 5.55. The number of carbonyl (C=O) groups excluding carboxylic acids is 1. The molecule has 0 saturated carbocycles. The molecule has 0 bridgehead atoms. The number of anilines is 2. The van der Waals surface area contributed by atoms with Crippen LogP contribution in [0.3, 0.4) is 0 Å². The molecule has 32 heavy (non-hydrogen) atoms. The second kappa shape index (κ2) is 9.88. The zero-order valence-corrected chi connectivity index (χ0v) is 17.8. The van der Waals surface area contributed by atoms with Gasteiger partial charge < -0.3 is 20.6 Å². The Bertz CT molecular complexity index is 1280. The highest BCUT2D eigenvalue weighted by Gasteiger charge is 2.22. The van der Waals surface area contributed by atoms with Gasteiger partial charge in [-0.1, -0.05) is 11.6 Å². The summed E-state index contributed by atoms with van der Waals surface area (Å²) in [5.74, 6) is -1.07. The molecule has 3 aromatic rings. The maximum atomic E-state index is 12.3. The molecular formula is C21H14ClN5O4S. The van der Waals surface area contributed by atoms with E-state index in [1.54, 1.807) is 12.1 Å². The Morgan fingerprint density at radius 2 is 2.00 bits per heavy atom. The topological polar surface area (TPSA) is 166 Å². The molecule has 0 aliphatic carbocycles. The second-order valence-electron chi connectivity index (χ2n) is 6.27. The number of nitrogens with one attached hydrogen (secondary N) is 1. The molecule has 4 N–H and O–H groups in total. The smallest absolute Gasteiger partial charge is 0.335 e. The number of carbonyl (C=O) groups is 2. The van der Waals surface area contributed by atoms with Gasteiger partial charge in [-0.2, -0.15) is 10.5 Å². The lowest BCUT2D eigenvalue weighted by molar-refractivity contribution is -0.115. The first-order valence-corrected chi connectivity index (χ1v) is 10.3. The largest absolute Gasteiger partial charge is 0.478 e. The summed E-state index contributed by atoms with van der Waals surface area (Å²) in [4.78, 5) is 27.6. The van der Waals surface area contributed by atoms with Gasteiger partial charge in [-0.3, -0.25) is 4.79 Å². The van der Waals surface area contributed by atoms with E-state index in [0.717, 1.165) is 11.8 Å². The van der Waals surface area contributed by atoms with Gasteiger partial charge in [0.2, 0.25) is 5.91 Å². The highest BCUT2D eigenvalue weighted by Crippen LogP contribution is 2.36. The number of halogens is 1. The SMILES string of the molecule is N#Cc1c(N)nc(SCCC(=O)Nc2cc(C(=O)O)ccc2Cl)c(C#N)c1-c1ccco1. The van der Waals surface area contributed by atoms with Gasteiger partial charge in [0.1, 0.15) is 34.3 Å². The molecule has 0 aliphatic heterocycles. The minimum absolute atomic E-state index is 0.0135. The van der Waals surface area contributed by atoms with Gasteiger partial charge >= 0.3 is 5.97 Å². The first kappa shape index (κ1) is 22.7. The average molecular weight is 468 g/mol. The van der Waals surface area contributed by atoms with E-state index in [2.05, 4.69) is 10.3 Å². The number of pyridine rings is 1. The zero-order valence-electron chi connectivity index (χ0n) is 16.3. The molecule has 1 aromatic carbocycles. The fraction of sp³-hybridized carbons (Fsp3) is 0.0952. The van der Waals surface area contributed by atoms with Gasteiger partial charge in [0, 0.05) is 12.2 Å². The van der Waals surface area contributed by atoms with Gasteiger partial charge in [-0.05, 0) is 30.3 Å². The van der Waals surface area contributed by atoms with Crippen molar-refractivity contribution in [2.45, 2.75) is 11.4 Å². The summed E-state index contributed by atoms with van der Waals surface area (Å²) in [6.07, 6.45) is 1.43. The van der Waals surface area contributed by atoms with Gasteiger partial charge in [-0.25, -0.2) is 9.78 Å². The number of rotatable bonds is 7. The summed E-state index contributed by atoms with van der Waals surface area (Å²) >= 11 is 7.13. The first-order valence-electron chi connectivity index (χ1n) is 8.98. The van der Waals surface area contributed by atoms with Gasteiger partial charge in [0.25, 0.3) is 0 Å². The molecule has 2 heterocycles. The van der Waals surface area contributed by atoms with E-state index in [1.807, 2.05) is 12.1 Å². The van der Waals surface area contributed by atoms with Crippen molar-refractivity contribution in [1.82, 2.24) is 4.98 Å². The molecule has 2 aromatic heterocycles. The predicted octanol–water partition coefficient (Wildman–Crippen LogP) is 4.14. The number of furan rings is 1. The molecule has 1 amide bonds. The van der Waals surface area contributed by atoms with Crippen LogP contribution in [0, 0.1) is 22.7 Å². The Hall–Kier alpha value is -3.99. The van der Waals surface area contributed by atoms with Crippen LogP contribution in [0.5, 0.6) is 0 Å². The summed E-state index contributed by atoms with van der Waals surface area (Å²) in [6, 6.07) is 11.2. The molecule has 0 saturated heterocycles. The third kappa shape index (κ3) is 4.83. The Morgan fingerprint density at radius 1 is 1.25 bits per heavy atom. The number of hydrogen-bond acceptors (Lipinski definition) is 8. The van der Waals surface area contributed by atoms with Crippen LogP contribution in [-0.2, 0) is 4.79 Å². The lowest BCUT2D eigenvalue weighted by Gasteiger charge is -2.11. The second-order valence-corrected chi connectivity index (χ2v) is 7.77. The molecule has 0 atom stereocenters. The van der Waals surface area contributed by atoms with Crippen LogP contribution in [0.15, 0.2) is 46.0 Å². The van der Waals surface area contributed by atoms with Crippen molar-refractivity contribution in [3.05, 3.63) is 58.3 Å². The molecular weight excluding hydrogens is 454 g/mol. The molecule has 0 radical (unpaired) electrons. The molecule has 0 spiro atoms. The lowest BCUT2D eigenvalue weighted by Crippen LogP contribution is -2.13. The molecule has 3 rings (SSSR count). The van der Waals surface area contributed by atoms with E-state index >= 15 is 0 Å². The number of carboxylic acid groups (broad SMARTS) is 1. The van der Waals surface area contributed by atoms with Crippen LogP contribution in [0.4, 0.5) is 11.5 Å². The van der Waals surface area contributed by atoms with Gasteiger partial charge in [0.15, 0.2) is 0 Å². The van der Waals surface area contributed by atoms with Crippen LogP contribution in [0.1, 0.15) is 27.9 Å². The van der Waals surface area contributed by atoms with E-state index in [1.165, 1.54) is 24.5 Å². The number of amides is 1. The van der Waals surface area contributed by atoms with Crippen LogP contribution in [0.2, 0.25) is 5.02 Å². The molecule has 0 fully saturated rings. The highest BCUT2D eigenvalue weighted by atomic mass is 35.5. The van der Waals surface area contributed by atoms with E-state index in [9.17, 15) is 20.1 Å². The number of nitrogen functional groups attached to an aromatic ring is 1. The van der Waals surface area contributed by atoms with Crippen molar-refractivity contribution in [1.29, 1.82) is 10.5 Å². The molecule has 160 valence electrons. The quantitative estimate of drug-likeness (QED) is 0.432. The van der Waals surface area contributed by atoms with E-state index < -0.39 is 11.9 Å². The highest BCUT2D eigenvalue weighted by molar-refractivity contribution is 7.99. The maximum absolute atomic E-state index is 12.3. The monoisotopic (exact) mass is 467 g/mol. The fourth-order valence-electron chi connectivity index (χ4n) is 2.78. The first-order chi connectivity index (χ1) is 15.3. The minimum Gasteiger partial charge on any atom is -0.478 e. The number of carboxylic acids is 1. The number of aromatic nitrogens is 1. The van der Waals surface area contributed by atoms with E-state index in [0.29, 0.717) is 5.76 Å². The number of thioether (sulfide) groups is 1. The number of nitrogens with zero attached hydrogens (tertiary/aromatic N) is 3. The van der Waals surface area contributed by atoms with Crippen LogP contribution in [-0.4, -0.2) is 27.7 Å². The van der Waals surface area contributed by atoms with Crippen molar-refractivity contribution >= 4 is 46.7 Å². The average Bonchev–Trinajstić information content (AvgIpc) is 3.29. The Labute approximate surface area is 191 Å². The number of benzene rings is 1. The lowest BCUT2D eigenvalue weighted by atomic mass is 10.0. The third-order valence-electron chi connectivity index (χ3n) is 4.24. The van der Waals surface area contributed by atoms with Gasteiger partial charge in [0.05, 0.1) is 33.7 Å². The normalized spacial score (nSPS) is 10.2. The fourth-order valence-corrected chi connectivity index (χ4v) is 3.88. The van der Waals surface area contributed by atoms with Crippen LogP contribution in [0.25, 0.3) is 11.3 Å². The van der Waals surface area contributed by atoms with Crippen molar-refractivity contribution in [2.75, 3.05) is 16.8 Å². The summed E-state index contributed by atoms with van der Waals surface area (Å²) in [7, 11) is 0. The molecule has 0 aliphatic rings. The standard InChI is InChI=1S/C21H14ClN5O4S/c22-14-4-3-11(21(29)30)8-15(14)26-17(28)5-7-32-20-13(10-24)18(16-2-1-6-31-16)12(9-23)19(25)27-20/h1-4,6,8H,5,7H2,(H2,25,27)(H,26,28)(H,29,30). The van der Waals surface area contributed by atoms with Crippen molar-refractivity contribution in [3.8, 4) is 23.5 Å². The van der Waals surface area contributed by atoms with Gasteiger partial charge in [-0.15, -0.1) is 11.8 Å². The summed E-state index contributed by atoms with van der Waals surface area (Å²) in [5.41, 5.74) is 6.48. The minimum atomic E-state index is -1.14. The Morgan fingerprint density at radius 3 is 2.62 bits per heavy atom. The number of nitriles is 2. The number of aromatic carboxylic acids is 1. The zero-order chi connectivity index (χ0) is 23.3. The van der Waals surface area contributed by atoms with E-state index in [4.69, 9.17) is 26.9 Å².